The van der Waals surface area contributed by atoms with E-state index in [1.807, 2.05) is 12.4 Å². The highest BCUT2D eigenvalue weighted by Gasteiger charge is 2.12. The third-order valence-electron chi connectivity index (χ3n) is 3.78. The molecule has 3 heteroatoms. The number of aromatic nitrogens is 2. The van der Waals surface area contributed by atoms with E-state index in [4.69, 9.17) is 0 Å². The maximum absolute atomic E-state index is 4.22. The van der Waals surface area contributed by atoms with Gasteiger partial charge in [-0.25, -0.2) is 4.98 Å². The quantitative estimate of drug-likeness (QED) is 0.713. The average Bonchev–Trinajstić information content (AvgIpc) is 2.88. The van der Waals surface area contributed by atoms with Crippen molar-refractivity contribution < 1.29 is 0 Å². The first-order valence-corrected chi connectivity index (χ1v) is 7.14. The summed E-state index contributed by atoms with van der Waals surface area (Å²) in [7, 11) is 0. The lowest BCUT2D eigenvalue weighted by molar-refractivity contribution is 0.334. The summed E-state index contributed by atoms with van der Waals surface area (Å²) in [6.45, 7) is 2.32. The van der Waals surface area contributed by atoms with Gasteiger partial charge in [0.05, 0.1) is 0 Å². The molecular weight excluding hydrogens is 210 g/mol. The van der Waals surface area contributed by atoms with E-state index in [9.17, 15) is 0 Å². The Kier molecular flexibility index (Phi) is 5.56. The average molecular weight is 235 g/mol. The molecule has 0 bridgehead atoms. The largest absolute Gasteiger partial charge is 0.349 e. The predicted molar refractivity (Wildman–Crippen MR) is 71.0 cm³/mol. The van der Waals surface area contributed by atoms with Crippen LogP contribution < -0.4 is 5.32 Å². The van der Waals surface area contributed by atoms with Gasteiger partial charge in [0, 0.05) is 18.8 Å². The van der Waals surface area contributed by atoms with Gasteiger partial charge in [-0.3, -0.25) is 0 Å². The van der Waals surface area contributed by atoms with Crippen LogP contribution in [0.25, 0.3) is 0 Å². The van der Waals surface area contributed by atoms with Gasteiger partial charge < -0.3 is 10.3 Å². The van der Waals surface area contributed by atoms with Crippen LogP contribution in [0.15, 0.2) is 12.4 Å². The van der Waals surface area contributed by atoms with Crippen LogP contribution in [0.1, 0.15) is 50.8 Å². The molecule has 0 unspecified atom stereocenters. The van der Waals surface area contributed by atoms with Gasteiger partial charge in [0.1, 0.15) is 5.82 Å². The fourth-order valence-electron chi connectivity index (χ4n) is 2.72. The minimum Gasteiger partial charge on any atom is -0.349 e. The molecule has 0 aliphatic heterocycles. The zero-order valence-corrected chi connectivity index (χ0v) is 10.8. The van der Waals surface area contributed by atoms with Crippen LogP contribution in [0.2, 0.25) is 0 Å². The Morgan fingerprint density at radius 2 is 2.12 bits per heavy atom. The number of aromatic amines is 1. The summed E-state index contributed by atoms with van der Waals surface area (Å²) in [6.07, 6.45) is 14.7. The van der Waals surface area contributed by atoms with Crippen LogP contribution in [0.5, 0.6) is 0 Å². The Bertz CT molecular complexity index is 276. The molecule has 0 radical (unpaired) electrons. The van der Waals surface area contributed by atoms with Crippen LogP contribution >= 0.6 is 0 Å². The highest BCUT2D eigenvalue weighted by molar-refractivity contribution is 4.86. The van der Waals surface area contributed by atoms with Gasteiger partial charge in [-0.1, -0.05) is 32.1 Å². The maximum Gasteiger partial charge on any atom is 0.106 e. The molecule has 2 N–H and O–H groups in total. The van der Waals surface area contributed by atoms with Crippen LogP contribution in [0.4, 0.5) is 0 Å². The van der Waals surface area contributed by atoms with Gasteiger partial charge in [0.2, 0.25) is 0 Å². The Morgan fingerprint density at radius 1 is 1.24 bits per heavy atom. The topological polar surface area (TPSA) is 40.7 Å². The van der Waals surface area contributed by atoms with Crippen molar-refractivity contribution in [2.24, 2.45) is 5.92 Å². The number of hydrogen-bond acceptors (Lipinski definition) is 2. The van der Waals surface area contributed by atoms with E-state index in [0.29, 0.717) is 0 Å². The lowest BCUT2D eigenvalue weighted by Crippen LogP contribution is -2.20. The molecule has 0 atom stereocenters. The molecule has 2 rings (SSSR count). The minimum atomic E-state index is 1.00. The van der Waals surface area contributed by atoms with Crippen molar-refractivity contribution in [2.45, 2.75) is 51.4 Å². The van der Waals surface area contributed by atoms with E-state index < -0.39 is 0 Å². The maximum atomic E-state index is 4.22. The van der Waals surface area contributed by atoms with Crippen molar-refractivity contribution >= 4 is 0 Å². The Hall–Kier alpha value is -0.830. The molecule has 0 spiro atoms. The first-order valence-electron chi connectivity index (χ1n) is 7.14. The summed E-state index contributed by atoms with van der Waals surface area (Å²) < 4.78 is 0. The summed E-state index contributed by atoms with van der Waals surface area (Å²) in [5.74, 6) is 2.11. The summed E-state index contributed by atoms with van der Waals surface area (Å²) in [5, 5.41) is 3.55. The summed E-state index contributed by atoms with van der Waals surface area (Å²) in [6, 6.07) is 0. The first kappa shape index (κ1) is 12.6. The Balaban J connectivity index is 1.43. The molecular formula is C14H25N3. The zero-order chi connectivity index (χ0) is 11.8. The second-order valence-corrected chi connectivity index (χ2v) is 5.18. The number of H-pyrrole nitrogens is 1. The lowest BCUT2D eigenvalue weighted by Gasteiger charge is -2.21. The molecule has 1 aliphatic carbocycles. The third kappa shape index (κ3) is 4.90. The second kappa shape index (κ2) is 7.49. The number of rotatable bonds is 7. The van der Waals surface area contributed by atoms with Gasteiger partial charge in [-0.15, -0.1) is 0 Å². The monoisotopic (exact) mass is 235 g/mol. The molecule has 0 aromatic carbocycles. The van der Waals surface area contributed by atoms with Crippen molar-refractivity contribution in [3.8, 4) is 0 Å². The van der Waals surface area contributed by atoms with Gasteiger partial charge in [0.25, 0.3) is 0 Å². The third-order valence-corrected chi connectivity index (χ3v) is 3.78. The lowest BCUT2D eigenvalue weighted by atomic mass is 9.87. The number of imidazole rings is 1. The molecule has 96 valence electrons. The number of aryl methyl sites for hydroxylation is 1. The van der Waals surface area contributed by atoms with Gasteiger partial charge in [-0.2, -0.15) is 0 Å². The molecule has 1 aromatic rings. The van der Waals surface area contributed by atoms with E-state index in [1.54, 1.807) is 0 Å². The molecule has 1 fully saturated rings. The summed E-state index contributed by atoms with van der Waals surface area (Å²) in [5.41, 5.74) is 0. The molecule has 1 aromatic heterocycles. The summed E-state index contributed by atoms with van der Waals surface area (Å²) in [4.78, 5) is 7.36. The fraction of sp³-hybridized carbons (Fsp3) is 0.786. The van der Waals surface area contributed by atoms with E-state index >= 15 is 0 Å². The first-order chi connectivity index (χ1) is 8.45. The van der Waals surface area contributed by atoms with E-state index in [-0.39, 0.29) is 0 Å². The molecule has 0 saturated heterocycles. The van der Waals surface area contributed by atoms with Gasteiger partial charge in [0.15, 0.2) is 0 Å². The van der Waals surface area contributed by atoms with Crippen molar-refractivity contribution in [1.29, 1.82) is 0 Å². The van der Waals surface area contributed by atoms with Crippen LogP contribution in [-0.4, -0.2) is 23.1 Å². The van der Waals surface area contributed by atoms with Crippen LogP contribution in [0.3, 0.4) is 0 Å². The summed E-state index contributed by atoms with van der Waals surface area (Å²) >= 11 is 0. The standard InChI is InChI=1S/C14H25N3/c1-2-5-13(6-3-1)8-10-15-9-4-7-14-16-11-12-17-14/h11-13,15H,1-10H2,(H,16,17). The normalized spacial score (nSPS) is 17.4. The smallest absolute Gasteiger partial charge is 0.106 e. The Morgan fingerprint density at radius 3 is 2.88 bits per heavy atom. The molecule has 3 nitrogen and oxygen atoms in total. The van der Waals surface area contributed by atoms with Gasteiger partial charge in [-0.05, 0) is 31.8 Å². The second-order valence-electron chi connectivity index (χ2n) is 5.18. The number of nitrogens with zero attached hydrogens (tertiary/aromatic N) is 1. The molecule has 1 saturated carbocycles. The molecule has 17 heavy (non-hydrogen) atoms. The SMILES string of the molecule is c1c[nH]c(CCCNCCC2CCCCC2)n1. The molecule has 1 aliphatic rings. The zero-order valence-electron chi connectivity index (χ0n) is 10.8. The number of nitrogens with one attached hydrogen (secondary N) is 2. The van der Waals surface area contributed by atoms with Crippen LogP contribution in [-0.2, 0) is 6.42 Å². The van der Waals surface area contributed by atoms with Crippen LogP contribution in [0, 0.1) is 5.92 Å². The van der Waals surface area contributed by atoms with Crippen molar-refractivity contribution in [3.05, 3.63) is 18.2 Å². The van der Waals surface area contributed by atoms with Crippen molar-refractivity contribution in [1.82, 2.24) is 15.3 Å². The van der Waals surface area contributed by atoms with E-state index in [2.05, 4.69) is 15.3 Å². The van der Waals surface area contributed by atoms with E-state index in [1.165, 1.54) is 51.5 Å². The minimum absolute atomic E-state index is 1.00. The van der Waals surface area contributed by atoms with Crippen molar-refractivity contribution in [2.75, 3.05) is 13.1 Å². The molecule has 0 amide bonds. The molecule has 1 heterocycles. The highest BCUT2D eigenvalue weighted by Crippen LogP contribution is 2.25. The Labute approximate surface area is 104 Å². The number of hydrogen-bond donors (Lipinski definition) is 2. The van der Waals surface area contributed by atoms with Crippen molar-refractivity contribution in [3.63, 3.8) is 0 Å². The fourth-order valence-corrected chi connectivity index (χ4v) is 2.72. The highest BCUT2D eigenvalue weighted by atomic mass is 14.9. The predicted octanol–water partition coefficient (Wildman–Crippen LogP) is 2.90. The van der Waals surface area contributed by atoms with E-state index in [0.717, 1.165) is 24.7 Å². The van der Waals surface area contributed by atoms with Gasteiger partial charge >= 0.3 is 0 Å².